The first-order valence-corrected chi connectivity index (χ1v) is 14.0. The maximum Gasteiger partial charge on any atom is 0.338 e. The van der Waals surface area contributed by atoms with Gasteiger partial charge < -0.3 is 19.3 Å². The zero-order valence-corrected chi connectivity index (χ0v) is 21.9. The lowest BCUT2D eigenvalue weighted by Gasteiger charge is -2.65. The van der Waals surface area contributed by atoms with E-state index in [-0.39, 0.29) is 29.8 Å². The van der Waals surface area contributed by atoms with Gasteiger partial charge in [0.1, 0.15) is 6.10 Å². The number of piperidine rings is 2. The Kier molecular flexibility index (Phi) is 5.25. The lowest BCUT2D eigenvalue weighted by atomic mass is 9.53. The number of hydrogen-bond donors (Lipinski definition) is 1. The summed E-state index contributed by atoms with van der Waals surface area (Å²) in [5, 5.41) is 12.5. The lowest BCUT2D eigenvalue weighted by molar-refractivity contribution is -0.164. The number of methoxy groups -OCH3 is 2. The molecule has 11 atom stereocenters. The normalized spacial score (nSPS) is 46.9. The van der Waals surface area contributed by atoms with Crippen molar-refractivity contribution in [3.05, 3.63) is 47.0 Å². The average Bonchev–Trinajstić information content (AvgIpc) is 3.32. The molecule has 1 unspecified atom stereocenters. The molecule has 7 rings (SSSR count). The quantitative estimate of drug-likeness (QED) is 0.625. The number of ether oxygens (including phenoxy) is 3. The van der Waals surface area contributed by atoms with Crippen molar-refractivity contribution in [2.45, 2.75) is 87.3 Å². The third-order valence-corrected chi connectivity index (χ3v) is 11.1. The Bertz CT molecular complexity index is 1170. The number of aliphatic hydroxyl groups is 1. The van der Waals surface area contributed by atoms with Gasteiger partial charge in [-0.1, -0.05) is 24.6 Å². The van der Waals surface area contributed by atoms with E-state index in [0.717, 1.165) is 44.1 Å². The Morgan fingerprint density at radius 2 is 1.81 bits per heavy atom. The van der Waals surface area contributed by atoms with Crippen LogP contribution in [0.1, 0.15) is 62.2 Å². The van der Waals surface area contributed by atoms with Gasteiger partial charge in [-0.2, -0.15) is 0 Å². The van der Waals surface area contributed by atoms with E-state index in [0.29, 0.717) is 29.6 Å². The summed E-state index contributed by atoms with van der Waals surface area (Å²) in [7, 11) is 3.11. The monoisotopic (exact) mass is 507 g/mol. The van der Waals surface area contributed by atoms with Crippen LogP contribution in [0.2, 0.25) is 0 Å². The number of rotatable bonds is 4. The van der Waals surface area contributed by atoms with E-state index >= 15 is 0 Å². The number of nitrogens with zero attached hydrogens (tertiary/aromatic N) is 1. The topological polar surface area (TPSA) is 85.3 Å². The van der Waals surface area contributed by atoms with E-state index in [1.807, 2.05) is 6.07 Å². The van der Waals surface area contributed by atoms with Crippen molar-refractivity contribution >= 4 is 11.9 Å². The zero-order chi connectivity index (χ0) is 25.7. The molecule has 0 amide bonds. The first-order chi connectivity index (χ1) is 17.9. The summed E-state index contributed by atoms with van der Waals surface area (Å²) in [5.74, 6) is -0.629. The van der Waals surface area contributed by atoms with Gasteiger partial charge in [-0.05, 0) is 75.0 Å². The number of hydrogen-bond acceptors (Lipinski definition) is 7. The summed E-state index contributed by atoms with van der Waals surface area (Å²) >= 11 is 0. The molecule has 1 spiro atoms. The molecule has 7 nitrogen and oxygen atoms in total. The summed E-state index contributed by atoms with van der Waals surface area (Å²) in [6.07, 6.45) is 5.60. The van der Waals surface area contributed by atoms with Crippen LogP contribution in [0.15, 0.2) is 41.5 Å². The molecule has 1 N–H and O–H groups in total. The summed E-state index contributed by atoms with van der Waals surface area (Å²) in [5.41, 5.74) is 0.185. The Morgan fingerprint density at radius 3 is 2.54 bits per heavy atom. The molecular weight excluding hydrogens is 470 g/mol. The Morgan fingerprint density at radius 1 is 1.03 bits per heavy atom. The van der Waals surface area contributed by atoms with Crippen molar-refractivity contribution in [1.29, 1.82) is 0 Å². The van der Waals surface area contributed by atoms with Crippen molar-refractivity contribution in [3.63, 3.8) is 0 Å². The van der Waals surface area contributed by atoms with Crippen molar-refractivity contribution in [3.8, 4) is 0 Å². The van der Waals surface area contributed by atoms with E-state index in [9.17, 15) is 14.7 Å². The second-order valence-electron chi connectivity index (χ2n) is 12.3. The fourth-order valence-electron chi connectivity index (χ4n) is 10.2. The molecule has 5 fully saturated rings. The maximum absolute atomic E-state index is 13.8. The molecule has 3 aliphatic heterocycles. The third-order valence-electron chi connectivity index (χ3n) is 11.1. The minimum absolute atomic E-state index is 0.0917. The van der Waals surface area contributed by atoms with Gasteiger partial charge in [0.25, 0.3) is 0 Å². The first-order valence-electron chi connectivity index (χ1n) is 14.0. The van der Waals surface area contributed by atoms with Crippen LogP contribution in [0.4, 0.5) is 0 Å². The third kappa shape index (κ3) is 2.83. The van der Waals surface area contributed by atoms with Crippen molar-refractivity contribution in [1.82, 2.24) is 4.90 Å². The van der Waals surface area contributed by atoms with Crippen LogP contribution in [0, 0.1) is 23.7 Å². The standard InChI is InChI=1S/C30H37NO6/c1-16-12-13-19-21-14-18-15-29(19,34)26-24(28(33)36-3)25(37-27(32)17-8-5-4-6-9-17)23-20(30(18,26)31(16)21)10-7-11-22(23)35-2/h4-6,8-9,16,18-23,25,34H,7,10-15H2,1-3H3/t16-,18+,19+,20-,21-,22+,23-,25+,29+,30+/m1/s1. The number of carbonyl (C=O) groups excluding carboxylic acids is 2. The smallest absolute Gasteiger partial charge is 0.338 e. The molecule has 3 saturated heterocycles. The molecule has 1 aromatic carbocycles. The van der Waals surface area contributed by atoms with Crippen LogP contribution in [-0.4, -0.2) is 71.6 Å². The van der Waals surface area contributed by atoms with E-state index in [1.165, 1.54) is 7.11 Å². The number of benzene rings is 1. The minimum atomic E-state index is -1.06. The first kappa shape index (κ1) is 23.9. The SMILES string of the molecule is COC(=O)C1=C2[C@]3([C@H]4C[C@@H]5[C@H](CC[C@@H](C)N53)[C@@]2(O)C4)[C@@H]2CCC[C@H](OC)[C@@H]2[C@@H]1OC(=O)c1ccccc1. The molecule has 7 heteroatoms. The second-order valence-corrected chi connectivity index (χ2v) is 12.3. The molecule has 2 saturated carbocycles. The Hall–Kier alpha value is -2.22. The van der Waals surface area contributed by atoms with Gasteiger partial charge in [0.2, 0.25) is 0 Å². The van der Waals surface area contributed by atoms with Crippen molar-refractivity contribution in [2.24, 2.45) is 23.7 Å². The molecule has 3 heterocycles. The molecule has 37 heavy (non-hydrogen) atoms. The van der Waals surface area contributed by atoms with Gasteiger partial charge >= 0.3 is 11.9 Å². The van der Waals surface area contributed by atoms with Crippen LogP contribution in [0.3, 0.4) is 0 Å². The minimum Gasteiger partial charge on any atom is -0.466 e. The Balaban J connectivity index is 1.48. The second kappa shape index (κ2) is 8.14. The summed E-state index contributed by atoms with van der Waals surface area (Å²) in [6, 6.07) is 9.64. The highest BCUT2D eigenvalue weighted by molar-refractivity contribution is 5.95. The van der Waals surface area contributed by atoms with E-state index in [1.54, 1.807) is 31.4 Å². The van der Waals surface area contributed by atoms with Crippen LogP contribution >= 0.6 is 0 Å². The molecule has 3 aliphatic carbocycles. The number of esters is 2. The average molecular weight is 508 g/mol. The maximum atomic E-state index is 13.8. The summed E-state index contributed by atoms with van der Waals surface area (Å²) in [4.78, 5) is 29.9. The predicted molar refractivity (Wildman–Crippen MR) is 135 cm³/mol. The molecule has 6 aliphatic rings. The molecule has 5 bridgehead atoms. The van der Waals surface area contributed by atoms with Gasteiger partial charge in [0, 0.05) is 31.0 Å². The molecular formula is C30H37NO6. The predicted octanol–water partition coefficient (Wildman–Crippen LogP) is 3.50. The summed E-state index contributed by atoms with van der Waals surface area (Å²) in [6.45, 7) is 2.31. The van der Waals surface area contributed by atoms with E-state index in [4.69, 9.17) is 14.2 Å². The highest BCUT2D eigenvalue weighted by Gasteiger charge is 2.81. The number of fused-ring (bicyclic) bond motifs is 2. The van der Waals surface area contributed by atoms with Gasteiger partial charge in [-0.3, -0.25) is 4.90 Å². The molecule has 0 aromatic heterocycles. The molecule has 198 valence electrons. The fraction of sp³-hybridized carbons (Fsp3) is 0.667. The van der Waals surface area contributed by atoms with Crippen molar-refractivity contribution < 1.29 is 28.9 Å². The lowest BCUT2D eigenvalue weighted by Crippen LogP contribution is -2.73. The van der Waals surface area contributed by atoms with E-state index < -0.39 is 29.2 Å². The van der Waals surface area contributed by atoms with Crippen LogP contribution in [-0.2, 0) is 19.0 Å². The highest BCUT2D eigenvalue weighted by atomic mass is 16.6. The van der Waals surface area contributed by atoms with Crippen LogP contribution < -0.4 is 0 Å². The van der Waals surface area contributed by atoms with Gasteiger partial charge in [0.05, 0.1) is 35.5 Å². The zero-order valence-electron chi connectivity index (χ0n) is 21.9. The van der Waals surface area contributed by atoms with Gasteiger partial charge in [-0.15, -0.1) is 0 Å². The Labute approximate surface area is 218 Å². The summed E-state index contributed by atoms with van der Waals surface area (Å²) < 4.78 is 17.8. The van der Waals surface area contributed by atoms with E-state index in [2.05, 4.69) is 11.8 Å². The highest BCUT2D eigenvalue weighted by Crippen LogP contribution is 2.75. The van der Waals surface area contributed by atoms with Gasteiger partial charge in [-0.25, -0.2) is 9.59 Å². The van der Waals surface area contributed by atoms with Crippen LogP contribution in [0.5, 0.6) is 0 Å². The van der Waals surface area contributed by atoms with Crippen LogP contribution in [0.25, 0.3) is 0 Å². The fourth-order valence-corrected chi connectivity index (χ4v) is 10.2. The van der Waals surface area contributed by atoms with Gasteiger partial charge in [0.15, 0.2) is 0 Å². The molecule has 0 radical (unpaired) electrons. The molecule has 1 aromatic rings. The van der Waals surface area contributed by atoms with Crippen molar-refractivity contribution in [2.75, 3.05) is 14.2 Å². The largest absolute Gasteiger partial charge is 0.466 e. The number of carbonyl (C=O) groups is 2.